The molecule has 0 bridgehead atoms. The van der Waals surface area contributed by atoms with Crippen LogP contribution in [0, 0.1) is 0 Å². The second-order valence-corrected chi connectivity index (χ2v) is 5.21. The Bertz CT molecular complexity index is 753. The molecule has 6 heteroatoms. The Hall–Kier alpha value is -1.92. The summed E-state index contributed by atoms with van der Waals surface area (Å²) in [5, 5.41) is 1.10. The second-order valence-electron chi connectivity index (χ2n) is 5.21. The van der Waals surface area contributed by atoms with Gasteiger partial charge in [-0.15, -0.1) is 0 Å². The van der Waals surface area contributed by atoms with Crippen LogP contribution in [0.4, 0.5) is 0 Å². The van der Waals surface area contributed by atoms with Crippen molar-refractivity contribution in [3.8, 4) is 0 Å². The van der Waals surface area contributed by atoms with Gasteiger partial charge in [-0.2, -0.15) is 0 Å². The van der Waals surface area contributed by atoms with Gasteiger partial charge in [0.25, 0.3) is 0 Å². The maximum absolute atomic E-state index is 5.89. The minimum absolute atomic E-state index is 0.313. The molecule has 0 radical (unpaired) electrons. The highest BCUT2D eigenvalue weighted by Crippen LogP contribution is 2.30. The number of nitrogens with one attached hydrogen (secondary N) is 1. The standard InChI is InChI=1S/C14H17N5O/c15-6-12-18-11-7-17-14-10(3-4-16-14)13(11)19(12)9-2-1-5-20-8-9/h3-4,7,9H,1-2,5-6,8,15H2,(H,16,17)/t9-/m0/s1. The molecule has 3 aromatic rings. The summed E-state index contributed by atoms with van der Waals surface area (Å²) < 4.78 is 7.89. The van der Waals surface area contributed by atoms with Gasteiger partial charge in [0.2, 0.25) is 0 Å². The van der Waals surface area contributed by atoms with Crippen molar-refractivity contribution in [2.24, 2.45) is 5.73 Å². The number of nitrogens with zero attached hydrogens (tertiary/aromatic N) is 3. The van der Waals surface area contributed by atoms with E-state index < -0.39 is 0 Å². The highest BCUT2D eigenvalue weighted by atomic mass is 16.5. The van der Waals surface area contributed by atoms with Crippen LogP contribution in [0.2, 0.25) is 0 Å². The van der Waals surface area contributed by atoms with Crippen molar-refractivity contribution in [3.63, 3.8) is 0 Å². The highest BCUT2D eigenvalue weighted by Gasteiger charge is 2.23. The van der Waals surface area contributed by atoms with Crippen molar-refractivity contribution < 1.29 is 4.74 Å². The lowest BCUT2D eigenvalue weighted by molar-refractivity contribution is 0.0596. The minimum Gasteiger partial charge on any atom is -0.379 e. The summed E-state index contributed by atoms with van der Waals surface area (Å²) >= 11 is 0. The highest BCUT2D eigenvalue weighted by molar-refractivity contribution is 6.01. The Kier molecular flexibility index (Phi) is 2.71. The Labute approximate surface area is 115 Å². The fourth-order valence-electron chi connectivity index (χ4n) is 3.10. The van der Waals surface area contributed by atoms with Gasteiger partial charge in [0, 0.05) is 18.2 Å². The lowest BCUT2D eigenvalue weighted by atomic mass is 10.1. The van der Waals surface area contributed by atoms with E-state index in [9.17, 15) is 0 Å². The predicted molar refractivity (Wildman–Crippen MR) is 76.4 cm³/mol. The molecule has 4 rings (SSSR count). The zero-order chi connectivity index (χ0) is 13.5. The number of nitrogens with two attached hydrogens (primary N) is 1. The molecular formula is C14H17N5O. The molecule has 1 saturated heterocycles. The van der Waals surface area contributed by atoms with E-state index in [1.54, 1.807) is 0 Å². The molecule has 0 unspecified atom stereocenters. The fraction of sp³-hybridized carbons (Fsp3) is 0.429. The molecule has 1 atom stereocenters. The van der Waals surface area contributed by atoms with E-state index in [2.05, 4.69) is 19.5 Å². The van der Waals surface area contributed by atoms with E-state index in [-0.39, 0.29) is 0 Å². The topological polar surface area (TPSA) is 81.8 Å². The molecule has 1 fully saturated rings. The molecule has 0 aliphatic carbocycles. The molecular weight excluding hydrogens is 254 g/mol. The molecule has 0 aromatic carbocycles. The van der Waals surface area contributed by atoms with Crippen LogP contribution in [0.1, 0.15) is 24.7 Å². The van der Waals surface area contributed by atoms with Gasteiger partial charge in [-0.25, -0.2) is 9.97 Å². The molecule has 1 aliphatic heterocycles. The van der Waals surface area contributed by atoms with Gasteiger partial charge in [-0.1, -0.05) is 0 Å². The van der Waals surface area contributed by atoms with Crippen LogP contribution in [-0.2, 0) is 11.3 Å². The molecule has 1 aliphatic rings. The summed E-state index contributed by atoms with van der Waals surface area (Å²) in [5.74, 6) is 0.908. The Morgan fingerprint density at radius 3 is 3.25 bits per heavy atom. The lowest BCUT2D eigenvalue weighted by Crippen LogP contribution is -2.23. The number of hydrogen-bond donors (Lipinski definition) is 2. The molecule has 3 aromatic heterocycles. The number of rotatable bonds is 2. The SMILES string of the molecule is NCc1nc2cnc3[nH]ccc3c2n1[C@H]1CCCOC1. The van der Waals surface area contributed by atoms with Gasteiger partial charge in [0.05, 0.1) is 30.9 Å². The van der Waals surface area contributed by atoms with Crippen LogP contribution in [0.3, 0.4) is 0 Å². The van der Waals surface area contributed by atoms with Gasteiger partial charge in [-0.3, -0.25) is 0 Å². The number of fused-ring (bicyclic) bond motifs is 3. The molecule has 20 heavy (non-hydrogen) atoms. The summed E-state index contributed by atoms with van der Waals surface area (Å²) in [5.41, 5.74) is 8.80. The smallest absolute Gasteiger partial charge is 0.139 e. The van der Waals surface area contributed by atoms with Crippen molar-refractivity contribution in [3.05, 3.63) is 24.3 Å². The van der Waals surface area contributed by atoms with Crippen LogP contribution < -0.4 is 5.73 Å². The molecule has 104 valence electrons. The third-order valence-corrected chi connectivity index (χ3v) is 3.99. The van der Waals surface area contributed by atoms with Gasteiger partial charge in [0.15, 0.2) is 0 Å². The fourth-order valence-corrected chi connectivity index (χ4v) is 3.10. The third-order valence-electron chi connectivity index (χ3n) is 3.99. The maximum atomic E-state index is 5.89. The van der Waals surface area contributed by atoms with E-state index in [0.29, 0.717) is 12.6 Å². The van der Waals surface area contributed by atoms with Crippen LogP contribution in [0.15, 0.2) is 18.5 Å². The largest absolute Gasteiger partial charge is 0.379 e. The van der Waals surface area contributed by atoms with Crippen molar-refractivity contribution in [1.29, 1.82) is 0 Å². The molecule has 3 N–H and O–H groups in total. The predicted octanol–water partition coefficient (Wildman–Crippen LogP) is 1.72. The first kappa shape index (κ1) is 11.9. The zero-order valence-electron chi connectivity index (χ0n) is 11.2. The summed E-state index contributed by atoms with van der Waals surface area (Å²) in [6, 6.07) is 2.36. The van der Waals surface area contributed by atoms with Crippen molar-refractivity contribution in [2.45, 2.75) is 25.4 Å². The maximum Gasteiger partial charge on any atom is 0.139 e. The zero-order valence-corrected chi connectivity index (χ0v) is 11.2. The van der Waals surface area contributed by atoms with Crippen molar-refractivity contribution >= 4 is 22.1 Å². The number of imidazole rings is 1. The van der Waals surface area contributed by atoms with Crippen LogP contribution in [-0.4, -0.2) is 32.7 Å². The first-order valence-corrected chi connectivity index (χ1v) is 6.99. The second kappa shape index (κ2) is 4.57. The number of aromatic nitrogens is 4. The Morgan fingerprint density at radius 1 is 1.50 bits per heavy atom. The monoisotopic (exact) mass is 271 g/mol. The van der Waals surface area contributed by atoms with Crippen molar-refractivity contribution in [2.75, 3.05) is 13.2 Å². The molecule has 6 nitrogen and oxygen atoms in total. The minimum atomic E-state index is 0.313. The van der Waals surface area contributed by atoms with E-state index in [0.717, 1.165) is 53.9 Å². The van der Waals surface area contributed by atoms with Gasteiger partial charge >= 0.3 is 0 Å². The van der Waals surface area contributed by atoms with E-state index in [1.165, 1.54) is 0 Å². The third kappa shape index (κ3) is 1.65. The summed E-state index contributed by atoms with van der Waals surface area (Å²) in [6.45, 7) is 2.01. The summed E-state index contributed by atoms with van der Waals surface area (Å²) in [4.78, 5) is 12.2. The van der Waals surface area contributed by atoms with Crippen molar-refractivity contribution in [1.82, 2.24) is 19.5 Å². The summed E-state index contributed by atoms with van der Waals surface area (Å²) in [7, 11) is 0. The molecule has 0 saturated carbocycles. The van der Waals surface area contributed by atoms with E-state index in [4.69, 9.17) is 10.5 Å². The first-order valence-electron chi connectivity index (χ1n) is 6.99. The van der Waals surface area contributed by atoms with Crippen LogP contribution in [0.25, 0.3) is 22.1 Å². The molecule has 0 amide bonds. The lowest BCUT2D eigenvalue weighted by Gasteiger charge is -2.25. The van der Waals surface area contributed by atoms with E-state index in [1.807, 2.05) is 18.5 Å². The molecule has 4 heterocycles. The van der Waals surface area contributed by atoms with Crippen LogP contribution in [0.5, 0.6) is 0 Å². The number of pyridine rings is 1. The number of aromatic amines is 1. The first-order chi connectivity index (χ1) is 9.88. The van der Waals surface area contributed by atoms with Gasteiger partial charge in [0.1, 0.15) is 17.0 Å². The Morgan fingerprint density at radius 2 is 2.45 bits per heavy atom. The number of hydrogen-bond acceptors (Lipinski definition) is 4. The summed E-state index contributed by atoms with van der Waals surface area (Å²) in [6.07, 6.45) is 5.91. The quantitative estimate of drug-likeness (QED) is 0.743. The average molecular weight is 271 g/mol. The van der Waals surface area contributed by atoms with Gasteiger partial charge < -0.3 is 20.0 Å². The number of ether oxygens (including phenoxy) is 1. The average Bonchev–Trinajstić information content (AvgIpc) is 3.11. The normalized spacial score (nSPS) is 19.9. The van der Waals surface area contributed by atoms with E-state index >= 15 is 0 Å². The van der Waals surface area contributed by atoms with Crippen LogP contribution >= 0.6 is 0 Å². The Balaban J connectivity index is 2.01. The number of H-pyrrole nitrogens is 1. The van der Waals surface area contributed by atoms with Gasteiger partial charge in [-0.05, 0) is 18.9 Å². The molecule has 0 spiro atoms.